The van der Waals surface area contributed by atoms with E-state index in [0.29, 0.717) is 27.6 Å². The number of carbonyl (C=O) groups is 2. The number of nitrogens with zero attached hydrogens (tertiary/aromatic N) is 1. The molecule has 2 heterocycles. The van der Waals surface area contributed by atoms with Gasteiger partial charge in [0.2, 0.25) is 0 Å². The molecule has 1 N–H and O–H groups in total. The fourth-order valence-corrected chi connectivity index (χ4v) is 2.74. The Kier molecular flexibility index (Phi) is 4.67. The number of hydrogen-bond donors (Lipinski definition) is 1. The standard InChI is InChI=1S/C19H14ClNO4/c1-11(22)8-13-9-12(6-7-21-13)17-10-15(19(23)24)18(25-17)14-4-2-3-5-16(14)20/h2-7,9-10H,8H2,1H3,(H,23,24). The summed E-state index contributed by atoms with van der Waals surface area (Å²) < 4.78 is 5.81. The molecule has 0 fully saturated rings. The van der Waals surface area contributed by atoms with Crippen LogP contribution in [0.5, 0.6) is 0 Å². The molecule has 0 unspecified atom stereocenters. The average Bonchev–Trinajstić information content (AvgIpc) is 3.00. The highest BCUT2D eigenvalue weighted by Crippen LogP contribution is 2.36. The Morgan fingerprint density at radius 1 is 1.20 bits per heavy atom. The highest BCUT2D eigenvalue weighted by Gasteiger charge is 2.21. The Labute approximate surface area is 148 Å². The molecule has 3 aromatic rings. The van der Waals surface area contributed by atoms with Crippen molar-refractivity contribution >= 4 is 23.4 Å². The van der Waals surface area contributed by atoms with Crippen molar-refractivity contribution < 1.29 is 19.1 Å². The van der Waals surface area contributed by atoms with Gasteiger partial charge in [0.05, 0.1) is 5.02 Å². The quantitative estimate of drug-likeness (QED) is 0.729. The molecule has 0 saturated carbocycles. The normalized spacial score (nSPS) is 10.6. The maximum atomic E-state index is 11.6. The van der Waals surface area contributed by atoms with Gasteiger partial charge in [-0.1, -0.05) is 23.7 Å². The molecule has 0 aliphatic heterocycles. The minimum absolute atomic E-state index is 0.00734. The van der Waals surface area contributed by atoms with E-state index in [1.54, 1.807) is 42.6 Å². The molecule has 0 aliphatic rings. The summed E-state index contributed by atoms with van der Waals surface area (Å²) in [6.45, 7) is 1.49. The smallest absolute Gasteiger partial charge is 0.339 e. The highest BCUT2D eigenvalue weighted by molar-refractivity contribution is 6.33. The number of hydrogen-bond acceptors (Lipinski definition) is 4. The summed E-state index contributed by atoms with van der Waals surface area (Å²) in [7, 11) is 0. The molecule has 0 bridgehead atoms. The van der Waals surface area contributed by atoms with Gasteiger partial charge in [0, 0.05) is 29.4 Å². The van der Waals surface area contributed by atoms with Crippen molar-refractivity contribution in [2.24, 2.45) is 0 Å². The van der Waals surface area contributed by atoms with E-state index in [1.165, 1.54) is 13.0 Å². The molecular formula is C19H14ClNO4. The Hall–Kier alpha value is -2.92. The summed E-state index contributed by atoms with van der Waals surface area (Å²) in [6, 6.07) is 11.7. The second kappa shape index (κ2) is 6.91. The first-order valence-corrected chi connectivity index (χ1v) is 7.90. The van der Waals surface area contributed by atoms with Crippen molar-refractivity contribution in [2.45, 2.75) is 13.3 Å². The molecule has 0 saturated heterocycles. The van der Waals surface area contributed by atoms with Crippen molar-refractivity contribution in [2.75, 3.05) is 0 Å². The number of pyridine rings is 1. The third-order valence-electron chi connectivity index (χ3n) is 3.61. The van der Waals surface area contributed by atoms with E-state index >= 15 is 0 Å². The van der Waals surface area contributed by atoms with Gasteiger partial charge in [0.25, 0.3) is 0 Å². The first-order chi connectivity index (χ1) is 12.0. The number of carbonyl (C=O) groups excluding carboxylic acids is 1. The van der Waals surface area contributed by atoms with E-state index in [0.717, 1.165) is 0 Å². The number of benzene rings is 1. The molecule has 2 aromatic heterocycles. The van der Waals surface area contributed by atoms with E-state index in [-0.39, 0.29) is 23.5 Å². The fourth-order valence-electron chi connectivity index (χ4n) is 2.52. The van der Waals surface area contributed by atoms with Crippen LogP contribution in [0, 0.1) is 0 Å². The minimum atomic E-state index is -1.11. The average molecular weight is 356 g/mol. The molecule has 5 nitrogen and oxygen atoms in total. The lowest BCUT2D eigenvalue weighted by Gasteiger charge is -2.03. The summed E-state index contributed by atoms with van der Waals surface area (Å²) in [4.78, 5) is 27.0. The molecule has 25 heavy (non-hydrogen) atoms. The summed E-state index contributed by atoms with van der Waals surface area (Å²) >= 11 is 6.17. The monoisotopic (exact) mass is 355 g/mol. The second-order valence-electron chi connectivity index (χ2n) is 5.55. The van der Waals surface area contributed by atoms with Gasteiger partial charge >= 0.3 is 5.97 Å². The number of aromatic nitrogens is 1. The molecule has 0 atom stereocenters. The third kappa shape index (κ3) is 3.61. The van der Waals surface area contributed by atoms with E-state index in [2.05, 4.69) is 4.98 Å². The summed E-state index contributed by atoms with van der Waals surface area (Å²) in [5, 5.41) is 9.89. The predicted octanol–water partition coefficient (Wildman–Crippen LogP) is 4.49. The zero-order valence-electron chi connectivity index (χ0n) is 13.3. The Balaban J connectivity index is 2.10. The highest BCUT2D eigenvalue weighted by atomic mass is 35.5. The summed E-state index contributed by atoms with van der Waals surface area (Å²) in [5.41, 5.74) is 1.77. The lowest BCUT2D eigenvalue weighted by Crippen LogP contribution is -1.98. The van der Waals surface area contributed by atoms with Crippen LogP contribution in [0.1, 0.15) is 23.0 Å². The first kappa shape index (κ1) is 16.9. The van der Waals surface area contributed by atoms with E-state index < -0.39 is 5.97 Å². The van der Waals surface area contributed by atoms with E-state index in [1.807, 2.05) is 0 Å². The van der Waals surface area contributed by atoms with Crippen LogP contribution in [0.2, 0.25) is 5.02 Å². The van der Waals surface area contributed by atoms with Gasteiger partial charge in [-0.25, -0.2) is 4.79 Å². The van der Waals surface area contributed by atoms with Gasteiger partial charge in [-0.2, -0.15) is 0 Å². The summed E-state index contributed by atoms with van der Waals surface area (Å²) in [5.74, 6) is -0.549. The number of furan rings is 1. The van der Waals surface area contributed by atoms with Crippen molar-refractivity contribution in [1.29, 1.82) is 0 Å². The Morgan fingerprint density at radius 2 is 1.96 bits per heavy atom. The van der Waals surface area contributed by atoms with Crippen molar-refractivity contribution in [3.05, 3.63) is 64.9 Å². The molecule has 0 spiro atoms. The van der Waals surface area contributed by atoms with Crippen LogP contribution in [-0.4, -0.2) is 21.8 Å². The number of carboxylic acid groups (broad SMARTS) is 1. The third-order valence-corrected chi connectivity index (χ3v) is 3.94. The van der Waals surface area contributed by atoms with Gasteiger partial charge in [-0.15, -0.1) is 0 Å². The Bertz CT molecular complexity index is 962. The van der Waals surface area contributed by atoms with Crippen LogP contribution in [0.15, 0.2) is 53.1 Å². The second-order valence-corrected chi connectivity index (χ2v) is 5.96. The van der Waals surface area contributed by atoms with Gasteiger partial charge in [-0.05, 0) is 37.3 Å². The van der Waals surface area contributed by atoms with E-state index in [9.17, 15) is 14.7 Å². The predicted molar refractivity (Wildman–Crippen MR) is 93.7 cm³/mol. The molecule has 126 valence electrons. The zero-order valence-corrected chi connectivity index (χ0v) is 14.1. The van der Waals surface area contributed by atoms with Gasteiger partial charge in [0.15, 0.2) is 5.76 Å². The van der Waals surface area contributed by atoms with Crippen LogP contribution >= 0.6 is 11.6 Å². The van der Waals surface area contributed by atoms with Crippen LogP contribution < -0.4 is 0 Å². The van der Waals surface area contributed by atoms with Gasteiger partial charge in [0.1, 0.15) is 17.1 Å². The molecule has 0 amide bonds. The number of ketones is 1. The topological polar surface area (TPSA) is 80.4 Å². The van der Waals surface area contributed by atoms with Crippen molar-refractivity contribution in [3.63, 3.8) is 0 Å². The van der Waals surface area contributed by atoms with Crippen molar-refractivity contribution in [1.82, 2.24) is 4.98 Å². The first-order valence-electron chi connectivity index (χ1n) is 7.52. The Morgan fingerprint density at radius 3 is 2.64 bits per heavy atom. The number of carboxylic acids is 1. The maximum absolute atomic E-state index is 11.6. The minimum Gasteiger partial charge on any atom is -0.478 e. The SMILES string of the molecule is CC(=O)Cc1cc(-c2cc(C(=O)O)c(-c3ccccc3Cl)o2)ccn1. The molecular weight excluding hydrogens is 342 g/mol. The molecule has 0 aliphatic carbocycles. The van der Waals surface area contributed by atoms with Crippen LogP contribution in [0.25, 0.3) is 22.6 Å². The number of rotatable bonds is 5. The lowest BCUT2D eigenvalue weighted by atomic mass is 10.1. The number of halogens is 1. The van der Waals surface area contributed by atoms with Gasteiger partial charge in [-0.3, -0.25) is 9.78 Å². The van der Waals surface area contributed by atoms with Gasteiger partial charge < -0.3 is 9.52 Å². The van der Waals surface area contributed by atoms with Crippen molar-refractivity contribution in [3.8, 4) is 22.6 Å². The zero-order chi connectivity index (χ0) is 18.0. The largest absolute Gasteiger partial charge is 0.478 e. The maximum Gasteiger partial charge on any atom is 0.339 e. The van der Waals surface area contributed by atoms with Crippen LogP contribution in [0.3, 0.4) is 0 Å². The lowest BCUT2D eigenvalue weighted by molar-refractivity contribution is -0.116. The fraction of sp³-hybridized carbons (Fsp3) is 0.105. The van der Waals surface area contributed by atoms with Crippen LogP contribution in [0.4, 0.5) is 0 Å². The molecule has 0 radical (unpaired) electrons. The number of aromatic carboxylic acids is 1. The summed E-state index contributed by atoms with van der Waals surface area (Å²) in [6.07, 6.45) is 1.77. The van der Waals surface area contributed by atoms with E-state index in [4.69, 9.17) is 16.0 Å². The molecule has 3 rings (SSSR count). The number of Topliss-reactive ketones (excluding diaryl/α,β-unsaturated/α-hetero) is 1. The van der Waals surface area contributed by atoms with Crippen LogP contribution in [-0.2, 0) is 11.2 Å². The molecule has 1 aromatic carbocycles. The molecule has 6 heteroatoms.